The molecular weight excluding hydrogens is 224 g/mol. The highest BCUT2D eigenvalue weighted by Crippen LogP contribution is 2.22. The van der Waals surface area contributed by atoms with Gasteiger partial charge in [-0.2, -0.15) is 5.10 Å². The molecular formula is C12H9ClN2O. The smallest absolute Gasteiger partial charge is 0.183 e. The molecule has 0 N–H and O–H groups in total. The van der Waals surface area contributed by atoms with Crippen molar-refractivity contribution >= 4 is 17.4 Å². The van der Waals surface area contributed by atoms with Crippen LogP contribution in [0.5, 0.6) is 0 Å². The maximum absolute atomic E-state index is 11.5. The van der Waals surface area contributed by atoms with Crippen molar-refractivity contribution in [2.75, 3.05) is 0 Å². The fourth-order valence-corrected chi connectivity index (χ4v) is 2.05. The topological polar surface area (TPSA) is 34.9 Å². The molecule has 0 unspecified atom stereocenters. The molecule has 1 aliphatic rings. The van der Waals surface area contributed by atoms with Gasteiger partial charge in [-0.25, -0.2) is 4.68 Å². The molecule has 0 amide bonds. The summed E-state index contributed by atoms with van der Waals surface area (Å²) < 4.78 is 1.73. The van der Waals surface area contributed by atoms with Crippen molar-refractivity contribution in [1.82, 2.24) is 9.78 Å². The van der Waals surface area contributed by atoms with E-state index in [4.69, 9.17) is 11.6 Å². The lowest BCUT2D eigenvalue weighted by molar-refractivity contribution is 0.0989. The largest absolute Gasteiger partial charge is 0.292 e. The maximum Gasteiger partial charge on any atom is 0.183 e. The van der Waals surface area contributed by atoms with Gasteiger partial charge in [0.2, 0.25) is 0 Å². The molecule has 1 aromatic carbocycles. The van der Waals surface area contributed by atoms with E-state index in [0.29, 0.717) is 17.1 Å². The molecule has 80 valence electrons. The number of ketones is 1. The molecule has 0 bridgehead atoms. The highest BCUT2D eigenvalue weighted by molar-refractivity contribution is 6.30. The fraction of sp³-hybridized carbons (Fsp3) is 0.167. The highest BCUT2D eigenvalue weighted by Gasteiger charge is 2.23. The van der Waals surface area contributed by atoms with Gasteiger partial charge in [0.1, 0.15) is 5.69 Å². The molecule has 0 aliphatic heterocycles. The SMILES string of the molecule is O=C1CCc2cn(-c3ccc(Cl)cc3)nc21. The van der Waals surface area contributed by atoms with Crippen LogP contribution < -0.4 is 0 Å². The van der Waals surface area contributed by atoms with Gasteiger partial charge in [-0.15, -0.1) is 0 Å². The predicted molar refractivity (Wildman–Crippen MR) is 61.2 cm³/mol. The van der Waals surface area contributed by atoms with E-state index in [2.05, 4.69) is 5.10 Å². The number of benzene rings is 1. The van der Waals surface area contributed by atoms with Gasteiger partial charge in [0.05, 0.1) is 5.69 Å². The van der Waals surface area contributed by atoms with Crippen molar-refractivity contribution in [3.05, 3.63) is 46.7 Å². The van der Waals surface area contributed by atoms with Gasteiger partial charge in [0.25, 0.3) is 0 Å². The summed E-state index contributed by atoms with van der Waals surface area (Å²) in [5, 5.41) is 4.99. The summed E-state index contributed by atoms with van der Waals surface area (Å²) in [5.41, 5.74) is 2.58. The van der Waals surface area contributed by atoms with Crippen LogP contribution in [0.3, 0.4) is 0 Å². The third-order valence-electron chi connectivity index (χ3n) is 2.77. The standard InChI is InChI=1S/C12H9ClN2O/c13-9-2-4-10(5-3-9)15-7-8-1-6-11(16)12(8)14-15/h2-5,7H,1,6H2. The summed E-state index contributed by atoms with van der Waals surface area (Å²) in [6.45, 7) is 0. The fourth-order valence-electron chi connectivity index (χ4n) is 1.92. The second kappa shape index (κ2) is 3.46. The Bertz CT molecular complexity index is 557. The van der Waals surface area contributed by atoms with Gasteiger partial charge >= 0.3 is 0 Å². The van der Waals surface area contributed by atoms with Crippen molar-refractivity contribution in [3.8, 4) is 5.69 Å². The average molecular weight is 233 g/mol. The first-order valence-electron chi connectivity index (χ1n) is 5.12. The average Bonchev–Trinajstić information content (AvgIpc) is 2.83. The quantitative estimate of drug-likeness (QED) is 0.758. The van der Waals surface area contributed by atoms with Crippen LogP contribution in [-0.4, -0.2) is 15.6 Å². The van der Waals surface area contributed by atoms with Crippen LogP contribution in [0, 0.1) is 0 Å². The molecule has 0 saturated heterocycles. The second-order valence-corrected chi connectivity index (χ2v) is 4.28. The summed E-state index contributed by atoms with van der Waals surface area (Å²) in [4.78, 5) is 11.5. The third kappa shape index (κ3) is 1.44. The summed E-state index contributed by atoms with van der Waals surface area (Å²) in [6, 6.07) is 7.39. The van der Waals surface area contributed by atoms with Gasteiger partial charge in [-0.1, -0.05) is 11.6 Å². The first-order valence-corrected chi connectivity index (χ1v) is 5.49. The molecule has 0 fully saturated rings. The molecule has 0 radical (unpaired) electrons. The number of rotatable bonds is 1. The van der Waals surface area contributed by atoms with E-state index in [-0.39, 0.29) is 5.78 Å². The predicted octanol–water partition coefficient (Wildman–Crippen LogP) is 2.65. The Morgan fingerprint density at radius 3 is 2.62 bits per heavy atom. The summed E-state index contributed by atoms with van der Waals surface area (Å²) in [7, 11) is 0. The zero-order valence-electron chi connectivity index (χ0n) is 8.48. The van der Waals surface area contributed by atoms with Crippen LogP contribution in [-0.2, 0) is 6.42 Å². The lowest BCUT2D eigenvalue weighted by Gasteiger charge is -2.00. The first-order chi connectivity index (χ1) is 7.74. The number of nitrogens with zero attached hydrogens (tertiary/aromatic N) is 2. The molecule has 3 nitrogen and oxygen atoms in total. The Morgan fingerprint density at radius 1 is 1.19 bits per heavy atom. The van der Waals surface area contributed by atoms with Crippen LogP contribution in [0.2, 0.25) is 5.02 Å². The van der Waals surface area contributed by atoms with Crippen LogP contribution in [0.15, 0.2) is 30.5 Å². The monoisotopic (exact) mass is 232 g/mol. The zero-order chi connectivity index (χ0) is 11.1. The minimum atomic E-state index is 0.141. The third-order valence-corrected chi connectivity index (χ3v) is 3.02. The van der Waals surface area contributed by atoms with E-state index in [0.717, 1.165) is 17.7 Å². The second-order valence-electron chi connectivity index (χ2n) is 3.85. The summed E-state index contributed by atoms with van der Waals surface area (Å²) in [6.07, 6.45) is 3.32. The van der Waals surface area contributed by atoms with Gasteiger partial charge in [-0.05, 0) is 30.7 Å². The van der Waals surface area contributed by atoms with Crippen molar-refractivity contribution in [2.45, 2.75) is 12.8 Å². The summed E-state index contributed by atoms with van der Waals surface area (Å²) in [5.74, 6) is 0.141. The van der Waals surface area contributed by atoms with E-state index in [1.165, 1.54) is 0 Å². The molecule has 0 atom stereocenters. The number of carbonyl (C=O) groups excluding carboxylic acids is 1. The van der Waals surface area contributed by atoms with E-state index in [1.807, 2.05) is 30.5 Å². The molecule has 0 spiro atoms. The number of fused-ring (bicyclic) bond motifs is 1. The normalized spacial score (nSPS) is 14.2. The van der Waals surface area contributed by atoms with Gasteiger partial charge < -0.3 is 0 Å². The Balaban J connectivity index is 2.05. The highest BCUT2D eigenvalue weighted by atomic mass is 35.5. The molecule has 4 heteroatoms. The van der Waals surface area contributed by atoms with Gasteiger partial charge in [-0.3, -0.25) is 4.79 Å². The summed E-state index contributed by atoms with van der Waals surface area (Å²) >= 11 is 5.81. The molecule has 3 rings (SSSR count). The van der Waals surface area contributed by atoms with Gasteiger partial charge in [0, 0.05) is 23.2 Å². The van der Waals surface area contributed by atoms with E-state index in [9.17, 15) is 4.79 Å². The Kier molecular flexibility index (Phi) is 2.07. The van der Waals surface area contributed by atoms with Crippen molar-refractivity contribution in [1.29, 1.82) is 0 Å². The van der Waals surface area contributed by atoms with Crippen molar-refractivity contribution in [3.63, 3.8) is 0 Å². The minimum absolute atomic E-state index is 0.141. The number of hydrogen-bond donors (Lipinski definition) is 0. The first kappa shape index (κ1) is 9.60. The van der Waals surface area contributed by atoms with E-state index in [1.54, 1.807) is 4.68 Å². The number of halogens is 1. The Labute approximate surface area is 97.6 Å². The van der Waals surface area contributed by atoms with Crippen molar-refractivity contribution in [2.24, 2.45) is 0 Å². The van der Waals surface area contributed by atoms with Crippen LogP contribution in [0.1, 0.15) is 22.5 Å². The number of carbonyl (C=O) groups is 1. The molecule has 0 saturated carbocycles. The Morgan fingerprint density at radius 2 is 1.94 bits per heavy atom. The molecule has 1 aromatic heterocycles. The van der Waals surface area contributed by atoms with Crippen LogP contribution >= 0.6 is 11.6 Å². The number of Topliss-reactive ketones (excluding diaryl/α,β-unsaturated/α-hetero) is 1. The van der Waals surface area contributed by atoms with E-state index >= 15 is 0 Å². The number of hydrogen-bond acceptors (Lipinski definition) is 2. The molecule has 2 aromatic rings. The zero-order valence-corrected chi connectivity index (χ0v) is 9.24. The Hall–Kier alpha value is -1.61. The molecule has 1 aliphatic carbocycles. The number of aromatic nitrogens is 2. The van der Waals surface area contributed by atoms with Crippen LogP contribution in [0.4, 0.5) is 0 Å². The lowest BCUT2D eigenvalue weighted by atomic mass is 10.3. The van der Waals surface area contributed by atoms with Crippen molar-refractivity contribution < 1.29 is 4.79 Å². The van der Waals surface area contributed by atoms with E-state index < -0.39 is 0 Å². The maximum atomic E-state index is 11.5. The van der Waals surface area contributed by atoms with Crippen LogP contribution in [0.25, 0.3) is 5.69 Å². The molecule has 16 heavy (non-hydrogen) atoms. The lowest BCUT2D eigenvalue weighted by Crippen LogP contribution is -1.99. The van der Waals surface area contributed by atoms with Gasteiger partial charge in [0.15, 0.2) is 5.78 Å². The minimum Gasteiger partial charge on any atom is -0.292 e. The molecule has 1 heterocycles. The number of aryl methyl sites for hydroxylation is 1.